The summed E-state index contributed by atoms with van der Waals surface area (Å²) in [4.78, 5) is 25.7. The molecule has 154 valence electrons. The van der Waals surface area contributed by atoms with Crippen LogP contribution in [0.25, 0.3) is 22.1 Å². The predicted molar refractivity (Wildman–Crippen MR) is 118 cm³/mol. The van der Waals surface area contributed by atoms with Gasteiger partial charge in [-0.15, -0.1) is 0 Å². The summed E-state index contributed by atoms with van der Waals surface area (Å²) in [5, 5.41) is 1.07. The van der Waals surface area contributed by atoms with Gasteiger partial charge in [0, 0.05) is 28.4 Å². The van der Waals surface area contributed by atoms with E-state index in [0.29, 0.717) is 5.69 Å². The van der Waals surface area contributed by atoms with Crippen molar-refractivity contribution in [2.24, 2.45) is 0 Å². The molecule has 2 heterocycles. The molecular formula is C25H25NO4. The van der Waals surface area contributed by atoms with Crippen LogP contribution in [-0.4, -0.2) is 18.8 Å². The molecular weight excluding hydrogens is 378 g/mol. The van der Waals surface area contributed by atoms with Gasteiger partial charge in [0.2, 0.25) is 5.91 Å². The summed E-state index contributed by atoms with van der Waals surface area (Å²) in [5.41, 5.74) is 5.15. The summed E-state index contributed by atoms with van der Waals surface area (Å²) in [5.74, 6) is 0.341. The summed E-state index contributed by atoms with van der Waals surface area (Å²) < 4.78 is 11.6. The Kier molecular flexibility index (Phi) is 4.77. The average Bonchev–Trinajstić information content (AvgIpc) is 3.06. The van der Waals surface area contributed by atoms with Crippen LogP contribution in [0.3, 0.4) is 0 Å². The summed E-state index contributed by atoms with van der Waals surface area (Å²) in [6.07, 6.45) is 4.61. The number of aryl methyl sites for hydroxylation is 1. The Balaban J connectivity index is 1.96. The summed E-state index contributed by atoms with van der Waals surface area (Å²) >= 11 is 0. The van der Waals surface area contributed by atoms with Gasteiger partial charge in [-0.25, -0.2) is 0 Å². The zero-order valence-electron chi connectivity index (χ0n) is 17.9. The van der Waals surface area contributed by atoms with Crippen molar-refractivity contribution in [3.63, 3.8) is 0 Å². The standard InChI is InChI=1S/C25H25NO4/c1-15-14-30-22-10-16(6-7-19(15)22)20-11-17(26-9-8-18(27)13-23(26)28)12-21(24(20)29-5)25(2,3)4/h6-12,14H,13H2,1-5H3. The first kappa shape index (κ1) is 20.0. The summed E-state index contributed by atoms with van der Waals surface area (Å²) in [7, 11) is 1.66. The van der Waals surface area contributed by atoms with E-state index in [9.17, 15) is 9.59 Å². The lowest BCUT2D eigenvalue weighted by molar-refractivity contribution is -0.124. The van der Waals surface area contributed by atoms with Crippen LogP contribution in [0.1, 0.15) is 38.3 Å². The molecule has 5 nitrogen and oxygen atoms in total. The third-order valence-electron chi connectivity index (χ3n) is 5.45. The van der Waals surface area contributed by atoms with Gasteiger partial charge in [-0.3, -0.25) is 14.5 Å². The molecule has 0 unspecified atom stereocenters. The Morgan fingerprint density at radius 1 is 1.10 bits per heavy atom. The maximum absolute atomic E-state index is 12.6. The zero-order valence-corrected chi connectivity index (χ0v) is 17.9. The molecule has 4 rings (SSSR count). The van der Waals surface area contributed by atoms with Crippen LogP contribution in [0, 0.1) is 6.92 Å². The Bertz CT molecular complexity index is 1190. The lowest BCUT2D eigenvalue weighted by Gasteiger charge is -2.28. The number of anilines is 1. The molecule has 1 aromatic heterocycles. The lowest BCUT2D eigenvalue weighted by atomic mass is 9.83. The van der Waals surface area contributed by atoms with Gasteiger partial charge in [0.05, 0.1) is 19.8 Å². The molecule has 0 bridgehead atoms. The fraction of sp³-hybridized carbons (Fsp3) is 0.280. The Hall–Kier alpha value is -3.34. The van der Waals surface area contributed by atoms with Crippen molar-refractivity contribution in [3.8, 4) is 16.9 Å². The molecule has 1 aliphatic rings. The molecule has 0 saturated heterocycles. The van der Waals surface area contributed by atoms with Gasteiger partial charge in [0.1, 0.15) is 11.3 Å². The number of methoxy groups -OCH3 is 1. The number of benzene rings is 2. The monoisotopic (exact) mass is 403 g/mol. The van der Waals surface area contributed by atoms with E-state index in [4.69, 9.17) is 9.15 Å². The topological polar surface area (TPSA) is 59.8 Å². The number of hydrogen-bond donors (Lipinski definition) is 0. The van der Waals surface area contributed by atoms with E-state index in [1.54, 1.807) is 19.6 Å². The highest BCUT2D eigenvalue weighted by atomic mass is 16.5. The van der Waals surface area contributed by atoms with Crippen LogP contribution >= 0.6 is 0 Å². The highest BCUT2D eigenvalue weighted by Crippen LogP contribution is 2.43. The molecule has 0 spiro atoms. The van der Waals surface area contributed by atoms with E-state index in [1.807, 2.05) is 37.3 Å². The number of amides is 1. The van der Waals surface area contributed by atoms with Crippen LogP contribution in [0.15, 0.2) is 53.3 Å². The number of ether oxygens (including phenoxy) is 1. The second kappa shape index (κ2) is 7.17. The van der Waals surface area contributed by atoms with Crippen molar-refractivity contribution in [1.82, 2.24) is 0 Å². The number of rotatable bonds is 3. The van der Waals surface area contributed by atoms with Crippen molar-refractivity contribution in [2.75, 3.05) is 12.0 Å². The van der Waals surface area contributed by atoms with Crippen LogP contribution in [0.4, 0.5) is 5.69 Å². The molecule has 1 amide bonds. The SMILES string of the molecule is COc1c(-c2ccc3c(C)coc3c2)cc(N2C=CC(=O)CC2=O)cc1C(C)(C)C. The number of allylic oxidation sites excluding steroid dienone is 1. The maximum atomic E-state index is 12.6. The molecule has 0 saturated carbocycles. The second-order valence-corrected chi connectivity index (χ2v) is 8.68. The minimum atomic E-state index is -0.240. The Morgan fingerprint density at radius 3 is 2.53 bits per heavy atom. The predicted octanol–water partition coefficient (Wildman–Crippen LogP) is 5.53. The lowest BCUT2D eigenvalue weighted by Crippen LogP contribution is -2.31. The molecule has 2 aromatic carbocycles. The van der Waals surface area contributed by atoms with Crippen molar-refractivity contribution in [1.29, 1.82) is 0 Å². The molecule has 5 heteroatoms. The van der Waals surface area contributed by atoms with Gasteiger partial charge in [-0.1, -0.05) is 32.9 Å². The first-order chi connectivity index (χ1) is 14.2. The second-order valence-electron chi connectivity index (χ2n) is 8.68. The van der Waals surface area contributed by atoms with Gasteiger partial charge in [-0.2, -0.15) is 0 Å². The fourth-order valence-corrected chi connectivity index (χ4v) is 3.84. The minimum absolute atomic E-state index is 0.125. The van der Waals surface area contributed by atoms with Crippen molar-refractivity contribution < 1.29 is 18.7 Å². The molecule has 0 fully saturated rings. The van der Waals surface area contributed by atoms with Crippen LogP contribution in [0.5, 0.6) is 5.75 Å². The van der Waals surface area contributed by atoms with Gasteiger partial charge >= 0.3 is 0 Å². The van der Waals surface area contributed by atoms with E-state index in [2.05, 4.69) is 20.8 Å². The first-order valence-corrected chi connectivity index (χ1v) is 9.93. The average molecular weight is 403 g/mol. The number of ketones is 1. The molecule has 0 N–H and O–H groups in total. The molecule has 0 aliphatic carbocycles. The van der Waals surface area contributed by atoms with Crippen LogP contribution in [0.2, 0.25) is 0 Å². The highest BCUT2D eigenvalue weighted by molar-refractivity contribution is 6.13. The van der Waals surface area contributed by atoms with E-state index in [-0.39, 0.29) is 23.5 Å². The third-order valence-corrected chi connectivity index (χ3v) is 5.45. The molecule has 1 aliphatic heterocycles. The molecule has 30 heavy (non-hydrogen) atoms. The fourth-order valence-electron chi connectivity index (χ4n) is 3.84. The first-order valence-electron chi connectivity index (χ1n) is 9.93. The van der Waals surface area contributed by atoms with E-state index in [0.717, 1.165) is 39.0 Å². The van der Waals surface area contributed by atoms with Gasteiger partial charge in [0.15, 0.2) is 5.78 Å². The number of carbonyl (C=O) groups excluding carboxylic acids is 2. The Morgan fingerprint density at radius 2 is 1.87 bits per heavy atom. The molecule has 0 radical (unpaired) electrons. The number of furan rings is 1. The quantitative estimate of drug-likeness (QED) is 0.539. The van der Waals surface area contributed by atoms with Crippen molar-refractivity contribution in [2.45, 2.75) is 39.5 Å². The van der Waals surface area contributed by atoms with Gasteiger partial charge in [-0.05, 0) is 47.7 Å². The molecule has 3 aromatic rings. The summed E-state index contributed by atoms with van der Waals surface area (Å²) in [6, 6.07) is 9.97. The third kappa shape index (κ3) is 3.41. The van der Waals surface area contributed by atoms with E-state index >= 15 is 0 Å². The zero-order chi connectivity index (χ0) is 21.6. The van der Waals surface area contributed by atoms with Crippen molar-refractivity contribution >= 4 is 28.3 Å². The Labute approximate surface area is 175 Å². The summed E-state index contributed by atoms with van der Waals surface area (Å²) in [6.45, 7) is 8.33. The van der Waals surface area contributed by atoms with Crippen LogP contribution < -0.4 is 9.64 Å². The molecule has 0 atom stereocenters. The number of fused-ring (bicyclic) bond motifs is 1. The van der Waals surface area contributed by atoms with Gasteiger partial charge < -0.3 is 9.15 Å². The van der Waals surface area contributed by atoms with Crippen LogP contribution in [-0.2, 0) is 15.0 Å². The van der Waals surface area contributed by atoms with E-state index in [1.165, 1.54) is 11.0 Å². The van der Waals surface area contributed by atoms with Crippen molar-refractivity contribution in [3.05, 3.63) is 60.0 Å². The number of carbonyl (C=O) groups is 2. The normalized spacial score (nSPS) is 14.6. The number of nitrogens with zero attached hydrogens (tertiary/aromatic N) is 1. The minimum Gasteiger partial charge on any atom is -0.496 e. The maximum Gasteiger partial charge on any atom is 0.238 e. The number of hydrogen-bond acceptors (Lipinski definition) is 4. The van der Waals surface area contributed by atoms with E-state index < -0.39 is 0 Å². The largest absolute Gasteiger partial charge is 0.496 e. The smallest absolute Gasteiger partial charge is 0.238 e. The highest BCUT2D eigenvalue weighted by Gasteiger charge is 2.27. The van der Waals surface area contributed by atoms with Gasteiger partial charge in [0.25, 0.3) is 0 Å².